The van der Waals surface area contributed by atoms with E-state index in [0.29, 0.717) is 19.8 Å². The molecule has 0 unspecified atom stereocenters. The Hall–Kier alpha value is -1.14. The van der Waals surface area contributed by atoms with Crippen LogP contribution >= 0.6 is 12.4 Å². The number of nitrogens with one attached hydrogen (secondary N) is 1. The Morgan fingerprint density at radius 1 is 1.24 bits per heavy atom. The SMILES string of the molecule is CCCCOCCOCc1cccc(NC(=O)CN)c1.Cl. The lowest BCUT2D eigenvalue weighted by atomic mass is 10.2. The lowest BCUT2D eigenvalue weighted by molar-refractivity contribution is -0.114. The Morgan fingerprint density at radius 3 is 2.71 bits per heavy atom. The van der Waals surface area contributed by atoms with Gasteiger partial charge >= 0.3 is 0 Å². The van der Waals surface area contributed by atoms with Crippen molar-refractivity contribution in [1.82, 2.24) is 0 Å². The quantitative estimate of drug-likeness (QED) is 0.650. The summed E-state index contributed by atoms with van der Waals surface area (Å²) in [6, 6.07) is 7.54. The third-order valence-corrected chi connectivity index (χ3v) is 2.68. The molecule has 0 radical (unpaired) electrons. The number of rotatable bonds is 10. The number of ether oxygens (including phenoxy) is 2. The van der Waals surface area contributed by atoms with E-state index in [4.69, 9.17) is 15.2 Å². The van der Waals surface area contributed by atoms with Crippen molar-refractivity contribution in [3.8, 4) is 0 Å². The first-order valence-corrected chi connectivity index (χ1v) is 7.00. The molecule has 21 heavy (non-hydrogen) atoms. The van der Waals surface area contributed by atoms with Crippen molar-refractivity contribution < 1.29 is 14.3 Å². The van der Waals surface area contributed by atoms with E-state index in [1.54, 1.807) is 0 Å². The van der Waals surface area contributed by atoms with Gasteiger partial charge in [-0.1, -0.05) is 25.5 Å². The molecule has 0 aliphatic rings. The maximum absolute atomic E-state index is 11.2. The number of carbonyl (C=O) groups is 1. The number of hydrogen-bond donors (Lipinski definition) is 2. The second-order valence-corrected chi connectivity index (χ2v) is 4.47. The Labute approximate surface area is 132 Å². The molecule has 0 heterocycles. The van der Waals surface area contributed by atoms with E-state index in [9.17, 15) is 4.79 Å². The van der Waals surface area contributed by atoms with Crippen LogP contribution in [0.25, 0.3) is 0 Å². The van der Waals surface area contributed by atoms with Gasteiger partial charge in [-0.2, -0.15) is 0 Å². The molecule has 6 heteroatoms. The Balaban J connectivity index is 0.00000400. The molecule has 0 saturated carbocycles. The standard InChI is InChI=1S/C15H24N2O3.ClH/c1-2-3-7-19-8-9-20-12-13-5-4-6-14(10-13)17-15(18)11-16;/h4-6,10H,2-3,7-9,11-12,16H2,1H3,(H,17,18);1H. The van der Waals surface area contributed by atoms with E-state index in [0.717, 1.165) is 30.7 Å². The number of amides is 1. The summed E-state index contributed by atoms with van der Waals surface area (Å²) in [5.41, 5.74) is 7.00. The number of hydrogen-bond acceptors (Lipinski definition) is 4. The summed E-state index contributed by atoms with van der Waals surface area (Å²) >= 11 is 0. The lowest BCUT2D eigenvalue weighted by Crippen LogP contribution is -2.21. The minimum atomic E-state index is -0.201. The number of nitrogens with two attached hydrogens (primary N) is 1. The Kier molecular flexibility index (Phi) is 11.9. The molecule has 5 nitrogen and oxygen atoms in total. The molecule has 0 aliphatic heterocycles. The first-order valence-electron chi connectivity index (χ1n) is 7.00. The van der Waals surface area contributed by atoms with Crippen LogP contribution in [0, 0.1) is 0 Å². The van der Waals surface area contributed by atoms with Crippen LogP contribution in [-0.4, -0.2) is 32.3 Å². The fraction of sp³-hybridized carbons (Fsp3) is 0.533. The Morgan fingerprint density at radius 2 is 2.00 bits per heavy atom. The fourth-order valence-electron chi connectivity index (χ4n) is 1.61. The predicted octanol–water partition coefficient (Wildman–Crippen LogP) is 2.34. The van der Waals surface area contributed by atoms with Crippen LogP contribution in [0.15, 0.2) is 24.3 Å². The van der Waals surface area contributed by atoms with Crippen molar-refractivity contribution in [3.63, 3.8) is 0 Å². The maximum atomic E-state index is 11.2. The zero-order valence-corrected chi connectivity index (χ0v) is 13.3. The second-order valence-electron chi connectivity index (χ2n) is 4.47. The fourth-order valence-corrected chi connectivity index (χ4v) is 1.61. The summed E-state index contributed by atoms with van der Waals surface area (Å²) in [6.45, 7) is 4.60. The molecule has 1 aromatic carbocycles. The van der Waals surface area contributed by atoms with Crippen molar-refractivity contribution in [1.29, 1.82) is 0 Å². The molecule has 0 saturated heterocycles. The van der Waals surface area contributed by atoms with Crippen molar-refractivity contribution in [2.45, 2.75) is 26.4 Å². The van der Waals surface area contributed by atoms with Gasteiger partial charge in [0.05, 0.1) is 26.4 Å². The molecule has 0 atom stereocenters. The van der Waals surface area contributed by atoms with Crippen molar-refractivity contribution >= 4 is 24.0 Å². The minimum Gasteiger partial charge on any atom is -0.379 e. The number of benzene rings is 1. The largest absolute Gasteiger partial charge is 0.379 e. The molecule has 0 spiro atoms. The highest BCUT2D eigenvalue weighted by Gasteiger charge is 2.00. The molecule has 0 aliphatic carbocycles. The van der Waals surface area contributed by atoms with Crippen molar-refractivity contribution in [2.75, 3.05) is 31.7 Å². The van der Waals surface area contributed by atoms with Crippen LogP contribution < -0.4 is 11.1 Å². The van der Waals surface area contributed by atoms with Gasteiger partial charge in [-0.25, -0.2) is 0 Å². The van der Waals surface area contributed by atoms with Gasteiger partial charge in [0, 0.05) is 12.3 Å². The Bertz CT molecular complexity index is 402. The van der Waals surface area contributed by atoms with Gasteiger partial charge < -0.3 is 20.5 Å². The topological polar surface area (TPSA) is 73.6 Å². The average Bonchev–Trinajstić information content (AvgIpc) is 2.46. The van der Waals surface area contributed by atoms with E-state index in [1.165, 1.54) is 0 Å². The van der Waals surface area contributed by atoms with E-state index >= 15 is 0 Å². The molecule has 3 N–H and O–H groups in total. The third kappa shape index (κ3) is 9.42. The molecule has 1 rings (SSSR count). The minimum absolute atomic E-state index is 0. The predicted molar refractivity (Wildman–Crippen MR) is 86.8 cm³/mol. The van der Waals surface area contributed by atoms with E-state index in [-0.39, 0.29) is 24.9 Å². The number of halogens is 1. The van der Waals surface area contributed by atoms with Gasteiger partial charge in [0.2, 0.25) is 5.91 Å². The van der Waals surface area contributed by atoms with E-state index in [1.807, 2.05) is 24.3 Å². The van der Waals surface area contributed by atoms with Crippen LogP contribution in [0.1, 0.15) is 25.3 Å². The van der Waals surface area contributed by atoms with Crippen molar-refractivity contribution in [3.05, 3.63) is 29.8 Å². The molecule has 120 valence electrons. The highest BCUT2D eigenvalue weighted by molar-refractivity contribution is 5.92. The number of anilines is 1. The van der Waals surface area contributed by atoms with Crippen molar-refractivity contribution in [2.24, 2.45) is 5.73 Å². The van der Waals surface area contributed by atoms with Crippen LogP contribution in [0.2, 0.25) is 0 Å². The smallest absolute Gasteiger partial charge is 0.238 e. The van der Waals surface area contributed by atoms with Crippen LogP contribution in [0.5, 0.6) is 0 Å². The highest BCUT2D eigenvalue weighted by atomic mass is 35.5. The lowest BCUT2D eigenvalue weighted by Gasteiger charge is -2.08. The van der Waals surface area contributed by atoms with E-state index < -0.39 is 0 Å². The first kappa shape index (κ1) is 19.9. The van der Waals surface area contributed by atoms with E-state index in [2.05, 4.69) is 12.2 Å². The average molecular weight is 317 g/mol. The zero-order valence-electron chi connectivity index (χ0n) is 12.5. The van der Waals surface area contributed by atoms with Gasteiger partial charge in [0.25, 0.3) is 0 Å². The molecular weight excluding hydrogens is 292 g/mol. The summed E-state index contributed by atoms with van der Waals surface area (Å²) in [5.74, 6) is -0.201. The van der Waals surface area contributed by atoms with Gasteiger partial charge in [-0.05, 0) is 24.1 Å². The summed E-state index contributed by atoms with van der Waals surface area (Å²) in [4.78, 5) is 11.2. The summed E-state index contributed by atoms with van der Waals surface area (Å²) in [6.07, 6.45) is 2.23. The molecule has 0 bridgehead atoms. The number of unbranched alkanes of at least 4 members (excludes halogenated alkanes) is 1. The summed E-state index contributed by atoms with van der Waals surface area (Å²) in [7, 11) is 0. The maximum Gasteiger partial charge on any atom is 0.238 e. The van der Waals surface area contributed by atoms with Gasteiger partial charge in [0.15, 0.2) is 0 Å². The number of carbonyl (C=O) groups excluding carboxylic acids is 1. The van der Waals surface area contributed by atoms with Gasteiger partial charge in [-0.15, -0.1) is 12.4 Å². The third-order valence-electron chi connectivity index (χ3n) is 2.68. The second kappa shape index (κ2) is 12.6. The molecular formula is C15H25ClN2O3. The normalized spacial score (nSPS) is 10.0. The summed E-state index contributed by atoms with van der Waals surface area (Å²) < 4.78 is 10.9. The molecule has 1 amide bonds. The van der Waals surface area contributed by atoms with Crippen LogP contribution in [0.4, 0.5) is 5.69 Å². The van der Waals surface area contributed by atoms with Gasteiger partial charge in [-0.3, -0.25) is 4.79 Å². The first-order chi connectivity index (χ1) is 9.76. The summed E-state index contributed by atoms with van der Waals surface area (Å²) in [5, 5.41) is 2.71. The molecule has 0 aromatic heterocycles. The zero-order chi connectivity index (χ0) is 14.6. The monoisotopic (exact) mass is 316 g/mol. The molecule has 0 fully saturated rings. The highest BCUT2D eigenvalue weighted by Crippen LogP contribution is 2.11. The van der Waals surface area contributed by atoms with Crippen LogP contribution in [-0.2, 0) is 20.9 Å². The van der Waals surface area contributed by atoms with Gasteiger partial charge in [0.1, 0.15) is 0 Å². The molecule has 1 aromatic rings. The van der Waals surface area contributed by atoms with Crippen LogP contribution in [0.3, 0.4) is 0 Å².